The highest BCUT2D eigenvalue weighted by atomic mass is 127. The normalized spacial score (nSPS) is 26.5. The van der Waals surface area contributed by atoms with Crippen LogP contribution in [0.2, 0.25) is 0 Å². The maximum Gasteiger partial charge on any atom is 0.252 e. The zero-order valence-corrected chi connectivity index (χ0v) is 13.8. The van der Waals surface area contributed by atoms with E-state index < -0.39 is 5.54 Å². The second kappa shape index (κ2) is 5.23. The summed E-state index contributed by atoms with van der Waals surface area (Å²) in [5.74, 6) is -0.324. The van der Waals surface area contributed by atoms with Crippen molar-refractivity contribution in [2.45, 2.75) is 31.7 Å². The minimum absolute atomic E-state index is 0.0969. The van der Waals surface area contributed by atoms with Gasteiger partial charge in [-0.05, 0) is 66.5 Å². The van der Waals surface area contributed by atoms with E-state index in [9.17, 15) is 14.0 Å². The van der Waals surface area contributed by atoms with Gasteiger partial charge < -0.3 is 10.2 Å². The minimum atomic E-state index is -0.842. The van der Waals surface area contributed by atoms with Crippen LogP contribution in [0.1, 0.15) is 26.2 Å². The van der Waals surface area contributed by atoms with E-state index in [1.54, 1.807) is 17.9 Å². The Hall–Kier alpha value is -1.18. The number of rotatable bonds is 2. The fraction of sp³-hybridized carbons (Fsp3) is 0.467. The molecule has 1 aromatic carbocycles. The van der Waals surface area contributed by atoms with Crippen LogP contribution in [0.5, 0.6) is 0 Å². The number of halogens is 2. The lowest BCUT2D eigenvalue weighted by Gasteiger charge is -2.32. The molecule has 0 spiro atoms. The summed E-state index contributed by atoms with van der Waals surface area (Å²) in [6, 6.07) is 4.36. The molecule has 1 N–H and O–H groups in total. The topological polar surface area (TPSA) is 49.4 Å². The third kappa shape index (κ3) is 2.65. The van der Waals surface area contributed by atoms with Gasteiger partial charge in [-0.2, -0.15) is 0 Å². The number of hydrogen-bond acceptors (Lipinski definition) is 2. The molecule has 2 fully saturated rings. The molecule has 1 saturated heterocycles. The summed E-state index contributed by atoms with van der Waals surface area (Å²) in [5, 5.41) is 2.89. The van der Waals surface area contributed by atoms with Crippen molar-refractivity contribution in [1.82, 2.24) is 5.32 Å². The van der Waals surface area contributed by atoms with Gasteiger partial charge in [-0.1, -0.05) is 0 Å². The van der Waals surface area contributed by atoms with Crippen molar-refractivity contribution in [2.24, 2.45) is 5.92 Å². The summed E-state index contributed by atoms with van der Waals surface area (Å²) >= 11 is 2.02. The van der Waals surface area contributed by atoms with Crippen LogP contribution in [-0.4, -0.2) is 23.9 Å². The molecule has 3 rings (SSSR count). The Labute approximate surface area is 136 Å². The van der Waals surface area contributed by atoms with Crippen molar-refractivity contribution in [3.63, 3.8) is 0 Å². The van der Waals surface area contributed by atoms with Crippen LogP contribution < -0.4 is 10.2 Å². The number of carbonyl (C=O) groups is 2. The van der Waals surface area contributed by atoms with Gasteiger partial charge in [0.05, 0.1) is 5.69 Å². The highest BCUT2D eigenvalue weighted by molar-refractivity contribution is 14.1. The van der Waals surface area contributed by atoms with E-state index in [-0.39, 0.29) is 30.0 Å². The van der Waals surface area contributed by atoms with Gasteiger partial charge in [0.2, 0.25) is 5.91 Å². The number of nitrogens with one attached hydrogen (secondary N) is 1. The van der Waals surface area contributed by atoms with Crippen LogP contribution >= 0.6 is 22.6 Å². The number of amides is 2. The Bertz CT molecular complexity index is 618. The zero-order chi connectivity index (χ0) is 15.2. The smallest absolute Gasteiger partial charge is 0.252 e. The predicted octanol–water partition coefficient (Wildman–Crippen LogP) is 2.45. The van der Waals surface area contributed by atoms with E-state index >= 15 is 0 Å². The van der Waals surface area contributed by atoms with Crippen LogP contribution in [0, 0.1) is 15.3 Å². The van der Waals surface area contributed by atoms with E-state index in [1.807, 2.05) is 22.6 Å². The van der Waals surface area contributed by atoms with Crippen molar-refractivity contribution >= 4 is 40.1 Å². The first-order valence-electron chi connectivity index (χ1n) is 7.00. The van der Waals surface area contributed by atoms with Crippen LogP contribution in [0.4, 0.5) is 10.1 Å². The SMILES string of the molecule is CC1(C2CC2)NC(=O)CCN(c2ccc(F)cc2I)C1=O. The maximum absolute atomic E-state index is 13.3. The van der Waals surface area contributed by atoms with Gasteiger partial charge in [-0.3, -0.25) is 9.59 Å². The van der Waals surface area contributed by atoms with Gasteiger partial charge in [-0.25, -0.2) is 4.39 Å². The highest BCUT2D eigenvalue weighted by Crippen LogP contribution is 2.42. The standard InChI is InChI=1S/C15H16FIN2O2/c1-15(9-2-3-9)14(21)19(7-6-13(20)18-15)12-5-4-10(16)8-11(12)17/h4-5,8-9H,2-3,6-7H2,1H3,(H,18,20). The first-order valence-corrected chi connectivity index (χ1v) is 8.08. The molecule has 0 radical (unpaired) electrons. The van der Waals surface area contributed by atoms with E-state index in [0.717, 1.165) is 12.8 Å². The van der Waals surface area contributed by atoms with Gasteiger partial charge in [-0.15, -0.1) is 0 Å². The summed E-state index contributed by atoms with van der Waals surface area (Å²) < 4.78 is 13.9. The van der Waals surface area contributed by atoms with Crippen molar-refractivity contribution in [2.75, 3.05) is 11.4 Å². The monoisotopic (exact) mass is 402 g/mol. The summed E-state index contributed by atoms with van der Waals surface area (Å²) in [7, 11) is 0. The number of carbonyl (C=O) groups excluding carboxylic acids is 2. The van der Waals surface area contributed by atoms with E-state index in [0.29, 0.717) is 15.8 Å². The predicted molar refractivity (Wildman–Crippen MR) is 85.4 cm³/mol. The van der Waals surface area contributed by atoms with Gasteiger partial charge in [0.25, 0.3) is 5.91 Å². The molecule has 1 aromatic rings. The molecule has 1 aliphatic heterocycles. The molecule has 2 aliphatic rings. The first kappa shape index (κ1) is 14.7. The molecule has 21 heavy (non-hydrogen) atoms. The minimum Gasteiger partial charge on any atom is -0.342 e. The van der Waals surface area contributed by atoms with Gasteiger partial charge in [0.15, 0.2) is 0 Å². The fourth-order valence-electron chi connectivity index (χ4n) is 2.87. The van der Waals surface area contributed by atoms with Crippen LogP contribution in [-0.2, 0) is 9.59 Å². The zero-order valence-electron chi connectivity index (χ0n) is 11.7. The lowest BCUT2D eigenvalue weighted by molar-refractivity contribution is -0.130. The Morgan fingerprint density at radius 3 is 2.71 bits per heavy atom. The van der Waals surface area contributed by atoms with Crippen molar-refractivity contribution in [3.05, 3.63) is 27.6 Å². The van der Waals surface area contributed by atoms with Crippen molar-refractivity contribution in [1.29, 1.82) is 0 Å². The molecule has 1 atom stereocenters. The molecule has 1 saturated carbocycles. The lowest BCUT2D eigenvalue weighted by atomic mass is 9.94. The van der Waals surface area contributed by atoms with Crippen LogP contribution in [0.25, 0.3) is 0 Å². The number of nitrogens with zero attached hydrogens (tertiary/aromatic N) is 1. The largest absolute Gasteiger partial charge is 0.342 e. The highest BCUT2D eigenvalue weighted by Gasteiger charge is 2.51. The molecule has 4 nitrogen and oxygen atoms in total. The Morgan fingerprint density at radius 1 is 1.38 bits per heavy atom. The molecule has 0 bridgehead atoms. The summed E-state index contributed by atoms with van der Waals surface area (Å²) in [5.41, 5.74) is -0.171. The van der Waals surface area contributed by atoms with Crippen molar-refractivity contribution < 1.29 is 14.0 Å². The van der Waals surface area contributed by atoms with Gasteiger partial charge in [0.1, 0.15) is 11.4 Å². The van der Waals surface area contributed by atoms with Crippen LogP contribution in [0.3, 0.4) is 0 Å². The quantitative estimate of drug-likeness (QED) is 0.773. The second-order valence-corrected chi connectivity index (χ2v) is 6.99. The average molecular weight is 402 g/mol. The molecule has 0 aromatic heterocycles. The summed E-state index contributed by atoms with van der Waals surface area (Å²) in [6.45, 7) is 2.13. The van der Waals surface area contributed by atoms with E-state index in [1.165, 1.54) is 12.1 Å². The molecular weight excluding hydrogens is 386 g/mol. The van der Waals surface area contributed by atoms with Crippen molar-refractivity contribution in [3.8, 4) is 0 Å². The maximum atomic E-state index is 13.3. The van der Waals surface area contributed by atoms with E-state index in [4.69, 9.17) is 0 Å². The third-order valence-corrected chi connectivity index (χ3v) is 5.11. The third-order valence-electron chi connectivity index (χ3n) is 4.25. The summed E-state index contributed by atoms with van der Waals surface area (Å²) in [4.78, 5) is 26.5. The fourth-order valence-corrected chi connectivity index (χ4v) is 3.64. The number of hydrogen-bond donors (Lipinski definition) is 1. The van der Waals surface area contributed by atoms with Crippen LogP contribution in [0.15, 0.2) is 18.2 Å². The Kier molecular flexibility index (Phi) is 3.67. The van der Waals surface area contributed by atoms with E-state index in [2.05, 4.69) is 5.32 Å². The summed E-state index contributed by atoms with van der Waals surface area (Å²) in [6.07, 6.45) is 2.18. The molecule has 2 amide bonds. The second-order valence-electron chi connectivity index (χ2n) is 5.83. The van der Waals surface area contributed by atoms with Gasteiger partial charge >= 0.3 is 0 Å². The lowest BCUT2D eigenvalue weighted by Crippen LogP contribution is -2.57. The molecule has 6 heteroatoms. The Morgan fingerprint density at radius 2 is 2.10 bits per heavy atom. The van der Waals surface area contributed by atoms with Gasteiger partial charge in [0, 0.05) is 16.5 Å². The molecule has 112 valence electrons. The molecule has 1 aliphatic carbocycles. The number of benzene rings is 1. The first-order chi connectivity index (χ1) is 9.91. The average Bonchev–Trinajstić information content (AvgIpc) is 3.24. The molecular formula is C15H16FIN2O2. The number of anilines is 1. The Balaban J connectivity index is 2.00. The molecule has 1 unspecified atom stereocenters. The molecule has 1 heterocycles.